The van der Waals surface area contributed by atoms with E-state index in [9.17, 15) is 0 Å². The molecular formula is C14H17BrN2. The maximum absolute atomic E-state index is 4.69. The summed E-state index contributed by atoms with van der Waals surface area (Å²) in [4.78, 5) is 4.69. The van der Waals surface area contributed by atoms with Gasteiger partial charge in [-0.15, -0.1) is 0 Å². The van der Waals surface area contributed by atoms with Gasteiger partial charge in [0.1, 0.15) is 0 Å². The number of hydrogen-bond acceptors (Lipinski definition) is 2. The van der Waals surface area contributed by atoms with Crippen molar-refractivity contribution in [2.45, 2.75) is 26.7 Å². The molecule has 0 aliphatic rings. The second kappa shape index (κ2) is 4.65. The van der Waals surface area contributed by atoms with Gasteiger partial charge in [0.2, 0.25) is 0 Å². The number of nitrogens with one attached hydrogen (secondary N) is 1. The fraction of sp³-hybridized carbons (Fsp3) is 0.357. The summed E-state index contributed by atoms with van der Waals surface area (Å²) in [6.07, 6.45) is 0. The van der Waals surface area contributed by atoms with Crippen LogP contribution in [0.2, 0.25) is 0 Å². The van der Waals surface area contributed by atoms with Gasteiger partial charge in [-0.1, -0.05) is 29.8 Å². The number of pyridine rings is 1. The zero-order chi connectivity index (χ0) is 12.6. The maximum atomic E-state index is 4.69. The molecule has 1 aromatic heterocycles. The third-order valence-electron chi connectivity index (χ3n) is 3.00. The van der Waals surface area contributed by atoms with Gasteiger partial charge in [-0.25, -0.2) is 0 Å². The molecular weight excluding hydrogens is 276 g/mol. The number of fused-ring (bicyclic) bond motifs is 1. The van der Waals surface area contributed by atoms with Crippen LogP contribution in [0.1, 0.15) is 31.0 Å². The molecule has 0 unspecified atom stereocenters. The molecule has 0 radical (unpaired) electrons. The van der Waals surface area contributed by atoms with Gasteiger partial charge in [0.15, 0.2) is 0 Å². The summed E-state index contributed by atoms with van der Waals surface area (Å²) in [5, 5.41) is 4.50. The number of hydrogen-bond donors (Lipinski definition) is 1. The minimum atomic E-state index is 0.466. The van der Waals surface area contributed by atoms with Crippen molar-refractivity contribution in [3.8, 4) is 0 Å². The Labute approximate surface area is 111 Å². The van der Waals surface area contributed by atoms with Gasteiger partial charge in [0.25, 0.3) is 0 Å². The van der Waals surface area contributed by atoms with E-state index in [1.165, 1.54) is 16.6 Å². The summed E-state index contributed by atoms with van der Waals surface area (Å²) >= 11 is 3.52. The first-order valence-electron chi connectivity index (χ1n) is 5.82. The molecule has 0 saturated carbocycles. The first kappa shape index (κ1) is 12.4. The smallest absolute Gasteiger partial charge is 0.0726 e. The van der Waals surface area contributed by atoms with Crippen molar-refractivity contribution in [1.29, 1.82) is 0 Å². The number of benzene rings is 1. The topological polar surface area (TPSA) is 24.9 Å². The Hall–Kier alpha value is -1.09. The summed E-state index contributed by atoms with van der Waals surface area (Å²) in [7, 11) is 1.97. The highest BCUT2D eigenvalue weighted by Gasteiger charge is 2.14. The average Bonchev–Trinajstić information content (AvgIpc) is 2.27. The van der Waals surface area contributed by atoms with E-state index in [1.54, 1.807) is 0 Å². The molecule has 1 N–H and O–H groups in total. The molecule has 0 atom stereocenters. The van der Waals surface area contributed by atoms with Crippen LogP contribution in [0.25, 0.3) is 10.9 Å². The predicted octanol–water partition coefficient (Wildman–Crippen LogP) is 4.47. The predicted molar refractivity (Wildman–Crippen MR) is 77.8 cm³/mol. The number of nitrogens with zero attached hydrogens (tertiary/aromatic N) is 1. The highest BCUT2D eigenvalue weighted by atomic mass is 79.9. The van der Waals surface area contributed by atoms with Crippen LogP contribution in [0.3, 0.4) is 0 Å². The van der Waals surface area contributed by atoms with Crippen molar-refractivity contribution < 1.29 is 0 Å². The molecule has 90 valence electrons. The zero-order valence-electron chi connectivity index (χ0n) is 10.6. The van der Waals surface area contributed by atoms with Crippen LogP contribution in [0.5, 0.6) is 0 Å². The van der Waals surface area contributed by atoms with Crippen molar-refractivity contribution in [2.24, 2.45) is 0 Å². The van der Waals surface area contributed by atoms with Crippen molar-refractivity contribution in [3.63, 3.8) is 0 Å². The van der Waals surface area contributed by atoms with Crippen molar-refractivity contribution in [1.82, 2.24) is 4.98 Å². The van der Waals surface area contributed by atoms with Crippen molar-refractivity contribution in [3.05, 3.63) is 33.9 Å². The Balaban J connectivity index is 2.87. The molecule has 2 rings (SSSR count). The van der Waals surface area contributed by atoms with Crippen LogP contribution in [0.15, 0.2) is 22.7 Å². The van der Waals surface area contributed by atoms with E-state index in [2.05, 4.69) is 59.1 Å². The van der Waals surface area contributed by atoms with Crippen molar-refractivity contribution >= 4 is 32.5 Å². The Morgan fingerprint density at radius 3 is 2.59 bits per heavy atom. The Morgan fingerprint density at radius 1 is 1.29 bits per heavy atom. The Morgan fingerprint density at radius 2 is 2.00 bits per heavy atom. The quantitative estimate of drug-likeness (QED) is 0.883. The van der Waals surface area contributed by atoms with Gasteiger partial charge in [-0.2, -0.15) is 0 Å². The van der Waals surface area contributed by atoms with E-state index < -0.39 is 0 Å². The molecule has 2 nitrogen and oxygen atoms in total. The first-order chi connectivity index (χ1) is 8.04. The standard InChI is InChI=1S/C14H17BrN2/c1-8(2)13-9(3)17-12-6-5-10(15)7-11(12)14(13)16-4/h5-8H,1-4H3,(H,16,17). The van der Waals surface area contributed by atoms with E-state index in [0.717, 1.165) is 15.7 Å². The lowest BCUT2D eigenvalue weighted by Gasteiger charge is -2.17. The molecule has 1 heterocycles. The second-order valence-corrected chi connectivity index (χ2v) is 5.47. The third-order valence-corrected chi connectivity index (χ3v) is 3.50. The molecule has 0 spiro atoms. The van der Waals surface area contributed by atoms with E-state index in [1.807, 2.05) is 13.1 Å². The Kier molecular flexibility index (Phi) is 3.38. The summed E-state index contributed by atoms with van der Waals surface area (Å²) in [6.45, 7) is 6.49. The first-order valence-corrected chi connectivity index (χ1v) is 6.61. The second-order valence-electron chi connectivity index (χ2n) is 4.55. The monoisotopic (exact) mass is 292 g/mol. The number of halogens is 1. The molecule has 0 bridgehead atoms. The average molecular weight is 293 g/mol. The van der Waals surface area contributed by atoms with Crippen LogP contribution < -0.4 is 5.32 Å². The molecule has 3 heteroatoms. The van der Waals surface area contributed by atoms with Crippen LogP contribution in [0, 0.1) is 6.92 Å². The van der Waals surface area contributed by atoms with Crippen LogP contribution in [-0.2, 0) is 0 Å². The largest absolute Gasteiger partial charge is 0.387 e. The van der Waals surface area contributed by atoms with E-state index in [-0.39, 0.29) is 0 Å². The minimum absolute atomic E-state index is 0.466. The normalized spacial score (nSPS) is 11.2. The van der Waals surface area contributed by atoms with Gasteiger partial charge in [0.05, 0.1) is 5.52 Å². The van der Waals surface area contributed by atoms with Gasteiger partial charge in [0, 0.05) is 28.3 Å². The molecule has 0 saturated heterocycles. The highest BCUT2D eigenvalue weighted by Crippen LogP contribution is 2.34. The van der Waals surface area contributed by atoms with Crippen LogP contribution >= 0.6 is 15.9 Å². The SMILES string of the molecule is CNc1c(C(C)C)c(C)nc2ccc(Br)cc12. The van der Waals surface area contributed by atoms with Crippen molar-refractivity contribution in [2.75, 3.05) is 12.4 Å². The molecule has 1 aromatic carbocycles. The maximum Gasteiger partial charge on any atom is 0.0726 e. The lowest BCUT2D eigenvalue weighted by molar-refractivity contribution is 0.849. The number of rotatable bonds is 2. The van der Waals surface area contributed by atoms with Crippen LogP contribution in [0.4, 0.5) is 5.69 Å². The third kappa shape index (κ3) is 2.16. The summed E-state index contributed by atoms with van der Waals surface area (Å²) in [5.74, 6) is 0.466. The van der Waals surface area contributed by atoms with E-state index >= 15 is 0 Å². The molecule has 2 aromatic rings. The molecule has 0 fully saturated rings. The molecule has 0 aliphatic carbocycles. The van der Waals surface area contributed by atoms with Gasteiger partial charge >= 0.3 is 0 Å². The minimum Gasteiger partial charge on any atom is -0.387 e. The highest BCUT2D eigenvalue weighted by molar-refractivity contribution is 9.10. The summed E-state index contributed by atoms with van der Waals surface area (Å²) < 4.78 is 1.09. The lowest BCUT2D eigenvalue weighted by Crippen LogP contribution is -2.03. The molecule has 0 aliphatic heterocycles. The fourth-order valence-electron chi connectivity index (χ4n) is 2.35. The van der Waals surface area contributed by atoms with E-state index in [4.69, 9.17) is 0 Å². The lowest BCUT2D eigenvalue weighted by atomic mass is 9.97. The molecule has 17 heavy (non-hydrogen) atoms. The van der Waals surface area contributed by atoms with E-state index in [0.29, 0.717) is 5.92 Å². The molecule has 0 amide bonds. The fourth-order valence-corrected chi connectivity index (χ4v) is 2.71. The number of aryl methyl sites for hydroxylation is 1. The zero-order valence-corrected chi connectivity index (χ0v) is 12.2. The Bertz CT molecular complexity index is 562. The number of aromatic nitrogens is 1. The summed E-state index contributed by atoms with van der Waals surface area (Å²) in [5.41, 5.74) is 4.65. The van der Waals surface area contributed by atoms with Gasteiger partial charge in [-0.3, -0.25) is 4.98 Å². The van der Waals surface area contributed by atoms with Gasteiger partial charge < -0.3 is 5.32 Å². The summed E-state index contributed by atoms with van der Waals surface area (Å²) in [6, 6.07) is 6.21. The van der Waals surface area contributed by atoms with Crippen LogP contribution in [-0.4, -0.2) is 12.0 Å². The van der Waals surface area contributed by atoms with Gasteiger partial charge in [-0.05, 0) is 36.6 Å². The number of anilines is 1.